The van der Waals surface area contributed by atoms with Gasteiger partial charge in [0.05, 0.1) is 19.3 Å². The Labute approximate surface area is 154 Å². The van der Waals surface area contributed by atoms with Crippen LogP contribution < -0.4 is 4.90 Å². The molecule has 0 saturated carbocycles. The van der Waals surface area contributed by atoms with Crippen molar-refractivity contribution in [3.05, 3.63) is 66.0 Å². The maximum atomic E-state index is 12.4. The molecule has 1 atom stereocenters. The lowest BCUT2D eigenvalue weighted by molar-refractivity contribution is -0.126. The van der Waals surface area contributed by atoms with Crippen LogP contribution in [0.25, 0.3) is 6.08 Å². The van der Waals surface area contributed by atoms with E-state index >= 15 is 0 Å². The topological polar surface area (TPSA) is 45.7 Å². The zero-order valence-corrected chi connectivity index (χ0v) is 15.3. The van der Waals surface area contributed by atoms with Gasteiger partial charge in [-0.2, -0.15) is 0 Å². The molecule has 0 aliphatic carbocycles. The van der Waals surface area contributed by atoms with Crippen molar-refractivity contribution >= 4 is 17.7 Å². The van der Waals surface area contributed by atoms with E-state index in [4.69, 9.17) is 4.74 Å². The molecule has 136 valence electrons. The number of benzene rings is 1. The number of carbonyl (C=O) groups is 1. The predicted molar refractivity (Wildman–Crippen MR) is 104 cm³/mol. The number of ether oxygens (including phenoxy) is 1. The first-order valence-electron chi connectivity index (χ1n) is 8.93. The van der Waals surface area contributed by atoms with E-state index in [0.717, 1.165) is 37.4 Å². The first-order valence-corrected chi connectivity index (χ1v) is 8.93. The minimum atomic E-state index is -0.0291. The third-order valence-corrected chi connectivity index (χ3v) is 4.78. The van der Waals surface area contributed by atoms with Crippen LogP contribution in [0.1, 0.15) is 24.1 Å². The fourth-order valence-electron chi connectivity index (χ4n) is 2.94. The van der Waals surface area contributed by atoms with Crippen molar-refractivity contribution in [2.75, 3.05) is 38.3 Å². The van der Waals surface area contributed by atoms with E-state index in [0.29, 0.717) is 0 Å². The molecule has 0 spiro atoms. The second-order valence-electron chi connectivity index (χ2n) is 6.44. The van der Waals surface area contributed by atoms with Crippen molar-refractivity contribution in [3.63, 3.8) is 0 Å². The summed E-state index contributed by atoms with van der Waals surface area (Å²) < 4.78 is 5.38. The second kappa shape index (κ2) is 8.63. The summed E-state index contributed by atoms with van der Waals surface area (Å²) >= 11 is 0. The van der Waals surface area contributed by atoms with Crippen LogP contribution in [0.5, 0.6) is 0 Å². The molecule has 5 heteroatoms. The molecule has 0 N–H and O–H groups in total. The lowest BCUT2D eigenvalue weighted by atomic mass is 10.1. The summed E-state index contributed by atoms with van der Waals surface area (Å²) in [5, 5.41) is 0. The Kier molecular flexibility index (Phi) is 6.02. The van der Waals surface area contributed by atoms with Gasteiger partial charge in [0.1, 0.15) is 0 Å². The standard InChI is InChI=1S/C21H25N3O2/c1-17(19-4-3-11-22-16-19)23(2)21(25)10-7-18-5-8-20(9-6-18)24-12-14-26-15-13-24/h3-11,16-17H,12-15H2,1-2H3. The van der Waals surface area contributed by atoms with Crippen LogP contribution in [0, 0.1) is 0 Å². The summed E-state index contributed by atoms with van der Waals surface area (Å²) in [4.78, 5) is 20.6. The van der Waals surface area contributed by atoms with Gasteiger partial charge in [-0.05, 0) is 42.3 Å². The van der Waals surface area contributed by atoms with Crippen LogP contribution in [0.3, 0.4) is 0 Å². The van der Waals surface area contributed by atoms with E-state index in [1.165, 1.54) is 5.69 Å². The van der Waals surface area contributed by atoms with E-state index in [-0.39, 0.29) is 11.9 Å². The summed E-state index contributed by atoms with van der Waals surface area (Å²) in [6.45, 7) is 5.39. The largest absolute Gasteiger partial charge is 0.378 e. The lowest BCUT2D eigenvalue weighted by Gasteiger charge is -2.28. The fraction of sp³-hybridized carbons (Fsp3) is 0.333. The normalized spacial score (nSPS) is 15.8. The number of hydrogen-bond donors (Lipinski definition) is 0. The van der Waals surface area contributed by atoms with Gasteiger partial charge in [-0.25, -0.2) is 0 Å². The van der Waals surface area contributed by atoms with Gasteiger partial charge >= 0.3 is 0 Å². The van der Waals surface area contributed by atoms with Gasteiger partial charge in [0, 0.05) is 44.3 Å². The molecule has 5 nitrogen and oxygen atoms in total. The van der Waals surface area contributed by atoms with Crippen LogP contribution in [0.2, 0.25) is 0 Å². The molecule has 2 aromatic rings. The molecule has 26 heavy (non-hydrogen) atoms. The van der Waals surface area contributed by atoms with Gasteiger partial charge in [0.2, 0.25) is 5.91 Å². The quantitative estimate of drug-likeness (QED) is 0.777. The summed E-state index contributed by atoms with van der Waals surface area (Å²) in [5.74, 6) is -0.0291. The fourth-order valence-corrected chi connectivity index (χ4v) is 2.94. The highest BCUT2D eigenvalue weighted by Crippen LogP contribution is 2.19. The SMILES string of the molecule is CC(c1cccnc1)N(C)C(=O)C=Cc1ccc(N2CCOCC2)cc1. The number of morpholine rings is 1. The third kappa shape index (κ3) is 4.49. The van der Waals surface area contributed by atoms with E-state index in [2.05, 4.69) is 22.0 Å². The Morgan fingerprint density at radius 2 is 1.96 bits per heavy atom. The van der Waals surface area contributed by atoms with Crippen molar-refractivity contribution in [1.82, 2.24) is 9.88 Å². The summed E-state index contributed by atoms with van der Waals surface area (Å²) in [5.41, 5.74) is 3.23. The molecule has 1 aliphatic rings. The summed E-state index contributed by atoms with van der Waals surface area (Å²) in [6.07, 6.45) is 7.01. The van der Waals surface area contributed by atoms with Crippen LogP contribution in [0.4, 0.5) is 5.69 Å². The summed E-state index contributed by atoms with van der Waals surface area (Å²) in [6, 6.07) is 12.1. The maximum absolute atomic E-state index is 12.4. The van der Waals surface area contributed by atoms with Crippen molar-refractivity contribution in [2.45, 2.75) is 13.0 Å². The Morgan fingerprint density at radius 1 is 1.23 bits per heavy atom. The first-order chi connectivity index (χ1) is 12.6. The predicted octanol–water partition coefficient (Wildman–Crippen LogP) is 3.15. The van der Waals surface area contributed by atoms with Crippen molar-refractivity contribution in [2.24, 2.45) is 0 Å². The van der Waals surface area contributed by atoms with Gasteiger partial charge in [0.15, 0.2) is 0 Å². The van der Waals surface area contributed by atoms with Crippen LogP contribution in [-0.2, 0) is 9.53 Å². The highest BCUT2D eigenvalue weighted by Gasteiger charge is 2.15. The minimum absolute atomic E-state index is 0.0236. The smallest absolute Gasteiger partial charge is 0.246 e. The Balaban J connectivity index is 1.60. The number of likely N-dealkylation sites (N-methyl/N-ethyl adjacent to an activating group) is 1. The van der Waals surface area contributed by atoms with Crippen LogP contribution in [-0.4, -0.2) is 49.1 Å². The van der Waals surface area contributed by atoms with Gasteiger partial charge in [-0.1, -0.05) is 18.2 Å². The average Bonchev–Trinajstić information content (AvgIpc) is 2.72. The first kappa shape index (κ1) is 18.1. The number of nitrogens with zero attached hydrogens (tertiary/aromatic N) is 3. The average molecular weight is 351 g/mol. The molecule has 1 aromatic carbocycles. The number of pyridine rings is 1. The van der Waals surface area contributed by atoms with Gasteiger partial charge < -0.3 is 14.5 Å². The second-order valence-corrected chi connectivity index (χ2v) is 6.44. The van der Waals surface area contributed by atoms with Crippen molar-refractivity contribution in [1.29, 1.82) is 0 Å². The van der Waals surface area contributed by atoms with Crippen LogP contribution in [0.15, 0.2) is 54.9 Å². The molecule has 1 aromatic heterocycles. The highest BCUT2D eigenvalue weighted by molar-refractivity contribution is 5.91. The number of carbonyl (C=O) groups excluding carboxylic acids is 1. The minimum Gasteiger partial charge on any atom is -0.378 e. The van der Waals surface area contributed by atoms with E-state index < -0.39 is 0 Å². The van der Waals surface area contributed by atoms with Crippen molar-refractivity contribution in [3.8, 4) is 0 Å². The zero-order chi connectivity index (χ0) is 18.4. The molecule has 1 amide bonds. The van der Waals surface area contributed by atoms with E-state index in [9.17, 15) is 4.79 Å². The Hall–Kier alpha value is -2.66. The Bertz CT molecular complexity index is 738. The van der Waals surface area contributed by atoms with Gasteiger partial charge in [-0.15, -0.1) is 0 Å². The number of aromatic nitrogens is 1. The molecule has 0 radical (unpaired) electrons. The Morgan fingerprint density at radius 3 is 2.62 bits per heavy atom. The van der Waals surface area contributed by atoms with Crippen LogP contribution >= 0.6 is 0 Å². The van der Waals surface area contributed by atoms with Gasteiger partial charge in [0.25, 0.3) is 0 Å². The molecule has 1 aliphatic heterocycles. The molecule has 2 heterocycles. The number of anilines is 1. The zero-order valence-electron chi connectivity index (χ0n) is 15.3. The molecular formula is C21H25N3O2. The number of rotatable bonds is 5. The van der Waals surface area contributed by atoms with E-state index in [1.807, 2.05) is 44.3 Å². The monoisotopic (exact) mass is 351 g/mol. The summed E-state index contributed by atoms with van der Waals surface area (Å²) in [7, 11) is 1.81. The maximum Gasteiger partial charge on any atom is 0.246 e. The molecular weight excluding hydrogens is 326 g/mol. The van der Waals surface area contributed by atoms with Crippen molar-refractivity contribution < 1.29 is 9.53 Å². The van der Waals surface area contributed by atoms with Gasteiger partial charge in [-0.3, -0.25) is 9.78 Å². The molecule has 1 saturated heterocycles. The molecule has 1 fully saturated rings. The number of hydrogen-bond acceptors (Lipinski definition) is 4. The highest BCUT2D eigenvalue weighted by atomic mass is 16.5. The molecule has 0 bridgehead atoms. The van der Waals surface area contributed by atoms with E-state index in [1.54, 1.807) is 23.4 Å². The lowest BCUT2D eigenvalue weighted by Crippen LogP contribution is -2.36. The number of amides is 1. The molecule has 1 unspecified atom stereocenters. The molecule has 3 rings (SSSR count). The third-order valence-electron chi connectivity index (χ3n) is 4.78.